The van der Waals surface area contributed by atoms with Crippen molar-refractivity contribution in [2.75, 3.05) is 17.2 Å². The number of hydrogen-bond donors (Lipinski definition) is 0. The maximum atomic E-state index is 12.0. The molecule has 0 N–H and O–H groups in total. The minimum absolute atomic E-state index is 0.155. The number of halogens is 4. The lowest BCUT2D eigenvalue weighted by atomic mass is 10.1. The molecule has 0 saturated carbocycles. The van der Waals surface area contributed by atoms with Crippen molar-refractivity contribution in [2.45, 2.75) is 5.51 Å². The third-order valence-corrected chi connectivity index (χ3v) is 3.72. The molecule has 1 heterocycles. The summed E-state index contributed by atoms with van der Waals surface area (Å²) < 4.78 is 36.8. The lowest BCUT2D eigenvalue weighted by Gasteiger charge is -2.16. The molecule has 102 valence electrons. The normalized spacial score (nSPS) is 15.1. The van der Waals surface area contributed by atoms with Crippen LogP contribution in [-0.4, -0.2) is 29.5 Å². The van der Waals surface area contributed by atoms with Crippen LogP contribution in [0.1, 0.15) is 10.4 Å². The van der Waals surface area contributed by atoms with Gasteiger partial charge in [0.2, 0.25) is 0 Å². The van der Waals surface area contributed by atoms with E-state index in [1.807, 2.05) is 0 Å². The van der Waals surface area contributed by atoms with E-state index in [2.05, 4.69) is 15.9 Å². The molecule has 0 aromatic heterocycles. The monoisotopic (exact) mass is 353 g/mol. The summed E-state index contributed by atoms with van der Waals surface area (Å²) >= 11 is 2.98. The number of fused-ring (bicyclic) bond motifs is 1. The SMILES string of the molecule is O=C1C(=O)N(CCSC(F)(F)F)c2cc(Br)ccc21. The number of benzene rings is 1. The van der Waals surface area contributed by atoms with Gasteiger partial charge < -0.3 is 4.90 Å². The Balaban J connectivity index is 2.16. The van der Waals surface area contributed by atoms with E-state index >= 15 is 0 Å². The number of alkyl halides is 3. The molecule has 0 aliphatic carbocycles. The van der Waals surface area contributed by atoms with Crippen molar-refractivity contribution in [2.24, 2.45) is 0 Å². The lowest BCUT2D eigenvalue weighted by molar-refractivity contribution is -0.114. The van der Waals surface area contributed by atoms with Gasteiger partial charge in [-0.3, -0.25) is 9.59 Å². The first-order chi connectivity index (χ1) is 8.79. The maximum Gasteiger partial charge on any atom is 0.441 e. The summed E-state index contributed by atoms with van der Waals surface area (Å²) in [6.07, 6.45) is 0. The van der Waals surface area contributed by atoms with Crippen LogP contribution in [0.3, 0.4) is 0 Å². The Bertz CT molecular complexity index is 547. The summed E-state index contributed by atoms with van der Waals surface area (Å²) in [7, 11) is 0. The highest BCUT2D eigenvalue weighted by atomic mass is 79.9. The zero-order valence-corrected chi connectivity index (χ0v) is 11.7. The standard InChI is InChI=1S/C11H7BrF3NO2S/c12-6-1-2-7-8(5-6)16(10(18)9(7)17)3-4-19-11(13,14)15/h1-2,5H,3-4H2. The second-order valence-electron chi connectivity index (χ2n) is 3.74. The quantitative estimate of drug-likeness (QED) is 0.783. The molecule has 0 spiro atoms. The molecule has 1 aliphatic heterocycles. The van der Waals surface area contributed by atoms with Crippen LogP contribution in [0.2, 0.25) is 0 Å². The summed E-state index contributed by atoms with van der Waals surface area (Å²) in [6.45, 7) is -0.155. The number of ketones is 1. The molecule has 1 aromatic carbocycles. The summed E-state index contributed by atoms with van der Waals surface area (Å²) in [6, 6.07) is 4.64. The van der Waals surface area contributed by atoms with E-state index in [1.165, 1.54) is 6.07 Å². The first-order valence-corrected chi connectivity index (χ1v) is 6.94. The Morgan fingerprint density at radius 2 is 1.95 bits per heavy atom. The van der Waals surface area contributed by atoms with Gasteiger partial charge in [-0.05, 0) is 30.0 Å². The van der Waals surface area contributed by atoms with Crippen LogP contribution in [0.25, 0.3) is 0 Å². The maximum absolute atomic E-state index is 12.0. The number of anilines is 1. The summed E-state index contributed by atoms with van der Waals surface area (Å²) in [5.74, 6) is -1.77. The zero-order valence-electron chi connectivity index (χ0n) is 9.33. The van der Waals surface area contributed by atoms with Gasteiger partial charge in [0, 0.05) is 16.8 Å². The Morgan fingerprint density at radius 1 is 1.26 bits per heavy atom. The third-order valence-electron chi connectivity index (χ3n) is 2.52. The van der Waals surface area contributed by atoms with Crippen LogP contribution < -0.4 is 4.90 Å². The van der Waals surface area contributed by atoms with Gasteiger partial charge in [-0.25, -0.2) is 0 Å². The molecule has 0 bridgehead atoms. The fourth-order valence-corrected chi connectivity index (χ4v) is 2.60. The molecule has 1 amide bonds. The zero-order chi connectivity index (χ0) is 14.2. The Labute approximate surface area is 119 Å². The van der Waals surface area contributed by atoms with E-state index in [4.69, 9.17) is 0 Å². The molecule has 0 unspecified atom stereocenters. The van der Waals surface area contributed by atoms with E-state index < -0.39 is 17.2 Å². The molecule has 0 fully saturated rings. The number of carbonyl (C=O) groups excluding carboxylic acids is 2. The number of Topliss-reactive ketones (excluding diaryl/α,β-unsaturated/α-hetero) is 1. The van der Waals surface area contributed by atoms with Crippen molar-refractivity contribution in [1.29, 1.82) is 0 Å². The molecule has 1 aliphatic rings. The van der Waals surface area contributed by atoms with Gasteiger partial charge in [0.1, 0.15) is 0 Å². The summed E-state index contributed by atoms with van der Waals surface area (Å²) in [4.78, 5) is 24.4. The molecular weight excluding hydrogens is 347 g/mol. The van der Waals surface area contributed by atoms with Crippen molar-refractivity contribution in [3.05, 3.63) is 28.2 Å². The number of amides is 1. The van der Waals surface area contributed by atoms with Gasteiger partial charge in [-0.1, -0.05) is 15.9 Å². The smallest absolute Gasteiger partial charge is 0.304 e. The number of carbonyl (C=O) groups is 2. The highest BCUT2D eigenvalue weighted by Gasteiger charge is 2.36. The predicted octanol–water partition coefficient (Wildman–Crippen LogP) is 3.23. The van der Waals surface area contributed by atoms with Crippen LogP contribution >= 0.6 is 27.7 Å². The Hall–Kier alpha value is -1.02. The van der Waals surface area contributed by atoms with E-state index in [0.29, 0.717) is 10.2 Å². The number of nitrogens with zero attached hydrogens (tertiary/aromatic N) is 1. The lowest BCUT2D eigenvalue weighted by Crippen LogP contribution is -2.32. The van der Waals surface area contributed by atoms with Gasteiger partial charge in [0.25, 0.3) is 11.7 Å². The molecule has 3 nitrogen and oxygen atoms in total. The average Bonchev–Trinajstić information content (AvgIpc) is 2.52. The minimum atomic E-state index is -4.34. The van der Waals surface area contributed by atoms with Crippen molar-refractivity contribution >= 4 is 45.1 Å². The van der Waals surface area contributed by atoms with Crippen LogP contribution in [0.15, 0.2) is 22.7 Å². The molecule has 0 radical (unpaired) electrons. The molecule has 8 heteroatoms. The number of rotatable bonds is 3. The van der Waals surface area contributed by atoms with E-state index in [1.54, 1.807) is 12.1 Å². The average molecular weight is 354 g/mol. The molecular formula is C11H7BrF3NO2S. The van der Waals surface area contributed by atoms with E-state index in [-0.39, 0.29) is 29.6 Å². The van der Waals surface area contributed by atoms with Crippen molar-refractivity contribution in [1.82, 2.24) is 0 Å². The fraction of sp³-hybridized carbons (Fsp3) is 0.273. The number of hydrogen-bond acceptors (Lipinski definition) is 3. The van der Waals surface area contributed by atoms with Gasteiger partial charge in [-0.2, -0.15) is 13.2 Å². The fourth-order valence-electron chi connectivity index (χ4n) is 1.74. The van der Waals surface area contributed by atoms with Crippen LogP contribution in [-0.2, 0) is 4.79 Å². The van der Waals surface area contributed by atoms with Crippen LogP contribution in [0.5, 0.6) is 0 Å². The van der Waals surface area contributed by atoms with Gasteiger partial charge in [0.05, 0.1) is 11.3 Å². The first kappa shape index (κ1) is 14.4. The highest BCUT2D eigenvalue weighted by molar-refractivity contribution is 9.10. The first-order valence-electron chi connectivity index (χ1n) is 5.16. The topological polar surface area (TPSA) is 37.4 Å². The highest BCUT2D eigenvalue weighted by Crippen LogP contribution is 2.34. The molecule has 1 aromatic rings. The van der Waals surface area contributed by atoms with Crippen molar-refractivity contribution in [3.8, 4) is 0 Å². The van der Waals surface area contributed by atoms with Crippen molar-refractivity contribution in [3.63, 3.8) is 0 Å². The summed E-state index contributed by atoms with van der Waals surface area (Å²) in [5, 5.41) is 0. The largest absolute Gasteiger partial charge is 0.441 e. The van der Waals surface area contributed by atoms with E-state index in [9.17, 15) is 22.8 Å². The Kier molecular flexibility index (Phi) is 3.91. The molecule has 19 heavy (non-hydrogen) atoms. The van der Waals surface area contributed by atoms with Gasteiger partial charge >= 0.3 is 5.51 Å². The van der Waals surface area contributed by atoms with Crippen LogP contribution in [0, 0.1) is 0 Å². The third kappa shape index (κ3) is 3.11. The molecule has 2 rings (SSSR count). The van der Waals surface area contributed by atoms with E-state index in [0.717, 1.165) is 4.90 Å². The molecule has 0 saturated heterocycles. The van der Waals surface area contributed by atoms with Crippen LogP contribution in [0.4, 0.5) is 18.9 Å². The van der Waals surface area contributed by atoms with Gasteiger partial charge in [0.15, 0.2) is 0 Å². The minimum Gasteiger partial charge on any atom is -0.304 e. The van der Waals surface area contributed by atoms with Crippen molar-refractivity contribution < 1.29 is 22.8 Å². The second-order valence-corrected chi connectivity index (χ2v) is 5.82. The second kappa shape index (κ2) is 5.16. The van der Waals surface area contributed by atoms with Gasteiger partial charge in [-0.15, -0.1) is 0 Å². The number of thioether (sulfide) groups is 1. The predicted molar refractivity (Wildman–Crippen MR) is 69.3 cm³/mol. The Morgan fingerprint density at radius 3 is 2.58 bits per heavy atom. The summed E-state index contributed by atoms with van der Waals surface area (Å²) in [5.41, 5.74) is -3.76. The molecule has 0 atom stereocenters.